The van der Waals surface area contributed by atoms with E-state index in [-0.39, 0.29) is 10.8 Å². The van der Waals surface area contributed by atoms with Crippen LogP contribution in [0.4, 0.5) is 10.2 Å². The van der Waals surface area contributed by atoms with E-state index >= 15 is 0 Å². The molecule has 0 bridgehead atoms. The number of aromatic nitrogens is 1. The molecule has 0 unspecified atom stereocenters. The monoisotopic (exact) mass is 276 g/mol. The number of rotatable bonds is 3. The highest BCUT2D eigenvalue weighted by Gasteiger charge is 2.05. The molecule has 16 heavy (non-hydrogen) atoms. The Morgan fingerprint density at radius 1 is 1.38 bits per heavy atom. The van der Waals surface area contributed by atoms with Crippen LogP contribution in [0.15, 0.2) is 24.4 Å². The Kier molecular flexibility index (Phi) is 3.63. The smallest absolute Gasteiger partial charge is 0.166 e. The van der Waals surface area contributed by atoms with Gasteiger partial charge in [0, 0.05) is 11.1 Å². The summed E-state index contributed by atoms with van der Waals surface area (Å²) < 4.78 is 14.0. The molecule has 0 saturated heterocycles. The third-order valence-corrected chi connectivity index (χ3v) is 3.30. The summed E-state index contributed by atoms with van der Waals surface area (Å²) in [6.45, 7) is 0.489. The van der Waals surface area contributed by atoms with Gasteiger partial charge in [0.05, 0.1) is 15.9 Å². The lowest BCUT2D eigenvalue weighted by Crippen LogP contribution is -2.01. The standard InChI is InChI=1S/C10H7Cl2FN2S/c11-6-3-8(13)10(14-4-6)15-5-7-1-2-9(12)16-7/h1-4H,5H2,(H,14,15). The summed E-state index contributed by atoms with van der Waals surface area (Å²) in [4.78, 5) is 4.87. The molecular weight excluding hydrogens is 270 g/mol. The van der Waals surface area contributed by atoms with Crippen LogP contribution in [-0.2, 0) is 6.54 Å². The van der Waals surface area contributed by atoms with Gasteiger partial charge in [-0.15, -0.1) is 11.3 Å². The second-order valence-electron chi connectivity index (χ2n) is 3.04. The van der Waals surface area contributed by atoms with Gasteiger partial charge in [0.25, 0.3) is 0 Å². The maximum absolute atomic E-state index is 13.3. The molecule has 2 aromatic rings. The Morgan fingerprint density at radius 2 is 2.19 bits per heavy atom. The third kappa shape index (κ3) is 2.84. The molecule has 0 radical (unpaired) electrons. The summed E-state index contributed by atoms with van der Waals surface area (Å²) in [5.74, 6) is -0.274. The largest absolute Gasteiger partial charge is 0.363 e. The van der Waals surface area contributed by atoms with E-state index in [1.807, 2.05) is 6.07 Å². The molecule has 0 spiro atoms. The van der Waals surface area contributed by atoms with E-state index < -0.39 is 5.82 Å². The van der Waals surface area contributed by atoms with Crippen molar-refractivity contribution in [3.63, 3.8) is 0 Å². The molecule has 0 aliphatic rings. The van der Waals surface area contributed by atoms with Crippen LogP contribution in [0.1, 0.15) is 4.88 Å². The summed E-state index contributed by atoms with van der Waals surface area (Å²) in [7, 11) is 0. The number of pyridine rings is 1. The van der Waals surface area contributed by atoms with Crippen molar-refractivity contribution >= 4 is 40.4 Å². The van der Waals surface area contributed by atoms with Crippen molar-refractivity contribution < 1.29 is 4.39 Å². The summed E-state index contributed by atoms with van der Waals surface area (Å²) in [5, 5.41) is 3.16. The van der Waals surface area contributed by atoms with Crippen molar-refractivity contribution in [1.82, 2.24) is 4.98 Å². The maximum atomic E-state index is 13.3. The first kappa shape index (κ1) is 11.6. The number of nitrogens with zero attached hydrogens (tertiary/aromatic N) is 1. The molecular formula is C10H7Cl2FN2S. The highest BCUT2D eigenvalue weighted by molar-refractivity contribution is 7.16. The molecule has 2 heterocycles. The van der Waals surface area contributed by atoms with Crippen molar-refractivity contribution in [2.75, 3.05) is 5.32 Å². The molecule has 0 aromatic carbocycles. The molecule has 0 aliphatic carbocycles. The van der Waals surface area contributed by atoms with Gasteiger partial charge in [0.15, 0.2) is 11.6 Å². The summed E-state index contributed by atoms with van der Waals surface area (Å²) in [5.41, 5.74) is 0. The Bertz CT molecular complexity index is 501. The van der Waals surface area contributed by atoms with Crippen molar-refractivity contribution in [3.05, 3.63) is 44.4 Å². The molecule has 0 saturated carbocycles. The van der Waals surface area contributed by atoms with Crippen LogP contribution in [0, 0.1) is 5.82 Å². The molecule has 0 fully saturated rings. The van der Waals surface area contributed by atoms with Crippen molar-refractivity contribution in [3.8, 4) is 0 Å². The average molecular weight is 277 g/mol. The first-order chi connectivity index (χ1) is 7.65. The number of hydrogen-bond donors (Lipinski definition) is 1. The molecule has 2 nitrogen and oxygen atoms in total. The minimum atomic E-state index is -0.463. The summed E-state index contributed by atoms with van der Waals surface area (Å²) >= 11 is 12.8. The van der Waals surface area contributed by atoms with E-state index in [9.17, 15) is 4.39 Å². The van der Waals surface area contributed by atoms with E-state index in [2.05, 4.69) is 10.3 Å². The number of anilines is 1. The Hall–Kier alpha value is -0.840. The Labute approximate surface area is 106 Å². The van der Waals surface area contributed by atoms with Gasteiger partial charge < -0.3 is 5.32 Å². The Balaban J connectivity index is 2.04. The maximum Gasteiger partial charge on any atom is 0.166 e. The predicted octanol–water partition coefficient (Wildman–Crippen LogP) is 4.20. The van der Waals surface area contributed by atoms with Gasteiger partial charge in [-0.2, -0.15) is 0 Å². The lowest BCUT2D eigenvalue weighted by atomic mass is 10.4. The average Bonchev–Trinajstić information content (AvgIpc) is 2.63. The molecule has 0 amide bonds. The van der Waals surface area contributed by atoms with Gasteiger partial charge in [0.2, 0.25) is 0 Å². The highest BCUT2D eigenvalue weighted by atomic mass is 35.5. The first-order valence-corrected chi connectivity index (χ1v) is 6.01. The fourth-order valence-corrected chi connectivity index (χ4v) is 2.33. The Morgan fingerprint density at radius 3 is 2.81 bits per heavy atom. The van der Waals surface area contributed by atoms with Gasteiger partial charge in [-0.1, -0.05) is 23.2 Å². The molecule has 0 atom stereocenters. The van der Waals surface area contributed by atoms with Crippen LogP contribution in [0.5, 0.6) is 0 Å². The van der Waals surface area contributed by atoms with Gasteiger partial charge >= 0.3 is 0 Å². The van der Waals surface area contributed by atoms with Crippen LogP contribution in [0.2, 0.25) is 9.36 Å². The fourth-order valence-electron chi connectivity index (χ4n) is 1.16. The minimum Gasteiger partial charge on any atom is -0.363 e. The number of halogens is 3. The first-order valence-electron chi connectivity index (χ1n) is 4.44. The van der Waals surface area contributed by atoms with Crippen molar-refractivity contribution in [2.45, 2.75) is 6.54 Å². The van der Waals surface area contributed by atoms with Gasteiger partial charge in [-0.05, 0) is 18.2 Å². The fraction of sp³-hybridized carbons (Fsp3) is 0.100. The lowest BCUT2D eigenvalue weighted by molar-refractivity contribution is 0.624. The zero-order chi connectivity index (χ0) is 11.5. The van der Waals surface area contributed by atoms with Crippen LogP contribution in [0.3, 0.4) is 0 Å². The van der Waals surface area contributed by atoms with Crippen LogP contribution < -0.4 is 5.32 Å². The molecule has 2 aromatic heterocycles. The van der Waals surface area contributed by atoms with Gasteiger partial charge in [0.1, 0.15) is 0 Å². The molecule has 0 aliphatic heterocycles. The van der Waals surface area contributed by atoms with Crippen molar-refractivity contribution in [1.29, 1.82) is 0 Å². The molecule has 6 heteroatoms. The van der Waals surface area contributed by atoms with E-state index in [1.165, 1.54) is 23.6 Å². The number of thiophene rings is 1. The minimum absolute atomic E-state index is 0.189. The highest BCUT2D eigenvalue weighted by Crippen LogP contribution is 2.23. The molecule has 84 valence electrons. The summed E-state index contributed by atoms with van der Waals surface area (Å²) in [6.07, 6.45) is 1.40. The second kappa shape index (κ2) is 4.99. The summed E-state index contributed by atoms with van der Waals surface area (Å²) in [6, 6.07) is 4.90. The third-order valence-electron chi connectivity index (χ3n) is 1.87. The van der Waals surface area contributed by atoms with Crippen LogP contribution in [0.25, 0.3) is 0 Å². The molecule has 2 rings (SSSR count). The van der Waals surface area contributed by atoms with Gasteiger partial charge in [-0.3, -0.25) is 0 Å². The van der Waals surface area contributed by atoms with E-state index in [0.717, 1.165) is 4.88 Å². The van der Waals surface area contributed by atoms with E-state index in [1.54, 1.807) is 6.07 Å². The normalized spacial score (nSPS) is 10.4. The number of hydrogen-bond acceptors (Lipinski definition) is 3. The SMILES string of the molecule is Fc1cc(Cl)cnc1NCc1ccc(Cl)s1. The predicted molar refractivity (Wildman–Crippen MR) is 65.9 cm³/mol. The zero-order valence-corrected chi connectivity index (χ0v) is 10.3. The quantitative estimate of drug-likeness (QED) is 0.909. The molecule has 1 N–H and O–H groups in total. The van der Waals surface area contributed by atoms with Gasteiger partial charge in [-0.25, -0.2) is 9.37 Å². The second-order valence-corrected chi connectivity index (χ2v) is 5.28. The topological polar surface area (TPSA) is 24.9 Å². The van der Waals surface area contributed by atoms with Crippen LogP contribution in [-0.4, -0.2) is 4.98 Å². The lowest BCUT2D eigenvalue weighted by Gasteiger charge is -2.04. The van der Waals surface area contributed by atoms with E-state index in [0.29, 0.717) is 10.9 Å². The van der Waals surface area contributed by atoms with E-state index in [4.69, 9.17) is 23.2 Å². The van der Waals surface area contributed by atoms with Crippen LogP contribution >= 0.6 is 34.5 Å². The zero-order valence-electron chi connectivity index (χ0n) is 8.01. The van der Waals surface area contributed by atoms with Crippen molar-refractivity contribution in [2.24, 2.45) is 0 Å². The number of nitrogens with one attached hydrogen (secondary N) is 1.